The molecule has 3 unspecified atom stereocenters. The van der Waals surface area contributed by atoms with E-state index in [-0.39, 0.29) is 0 Å². The van der Waals surface area contributed by atoms with Gasteiger partial charge in [0.25, 0.3) is 0 Å². The van der Waals surface area contributed by atoms with E-state index in [1.807, 2.05) is 7.11 Å². The van der Waals surface area contributed by atoms with Gasteiger partial charge in [-0.15, -0.1) is 0 Å². The zero-order valence-electron chi connectivity index (χ0n) is 10.5. The third-order valence-electron chi connectivity index (χ3n) is 4.03. The highest BCUT2D eigenvalue weighted by molar-refractivity contribution is 4.91. The van der Waals surface area contributed by atoms with E-state index in [4.69, 9.17) is 4.74 Å². The normalized spacial score (nSPS) is 35.2. The molecule has 92 valence electrons. The van der Waals surface area contributed by atoms with Gasteiger partial charge >= 0.3 is 0 Å². The number of hydrogen-bond donors (Lipinski definition) is 1. The van der Waals surface area contributed by atoms with Crippen molar-refractivity contribution in [3.05, 3.63) is 12.2 Å². The van der Waals surface area contributed by atoms with Crippen LogP contribution in [0.2, 0.25) is 0 Å². The molecule has 0 aromatic rings. The Morgan fingerprint density at radius 2 is 2.19 bits per heavy atom. The van der Waals surface area contributed by atoms with E-state index in [0.29, 0.717) is 12.1 Å². The van der Waals surface area contributed by atoms with Crippen LogP contribution in [0.1, 0.15) is 44.9 Å². The van der Waals surface area contributed by atoms with Gasteiger partial charge in [-0.2, -0.15) is 0 Å². The van der Waals surface area contributed by atoms with Gasteiger partial charge in [0.05, 0.1) is 6.10 Å². The van der Waals surface area contributed by atoms with Crippen molar-refractivity contribution in [2.24, 2.45) is 5.92 Å². The lowest BCUT2D eigenvalue weighted by atomic mass is 9.90. The van der Waals surface area contributed by atoms with Crippen LogP contribution in [0.4, 0.5) is 0 Å². The molecular formula is C14H25NO. The molecule has 0 heterocycles. The van der Waals surface area contributed by atoms with E-state index in [1.165, 1.54) is 51.5 Å². The Hall–Kier alpha value is -0.340. The lowest BCUT2D eigenvalue weighted by molar-refractivity contribution is 0.0581. The molecule has 2 aliphatic rings. The molecule has 1 saturated carbocycles. The molecule has 3 atom stereocenters. The Morgan fingerprint density at radius 3 is 2.94 bits per heavy atom. The largest absolute Gasteiger partial charge is 0.381 e. The molecule has 16 heavy (non-hydrogen) atoms. The Morgan fingerprint density at radius 1 is 1.25 bits per heavy atom. The van der Waals surface area contributed by atoms with Gasteiger partial charge in [-0.05, 0) is 57.4 Å². The van der Waals surface area contributed by atoms with Gasteiger partial charge in [-0.3, -0.25) is 0 Å². The van der Waals surface area contributed by atoms with Crippen molar-refractivity contribution in [2.45, 2.75) is 57.1 Å². The predicted octanol–water partition coefficient (Wildman–Crippen LogP) is 2.89. The Bertz CT molecular complexity index is 227. The average Bonchev–Trinajstić information content (AvgIpc) is 2.38. The van der Waals surface area contributed by atoms with Crippen LogP contribution in [-0.2, 0) is 4.74 Å². The van der Waals surface area contributed by atoms with Crippen LogP contribution in [0.5, 0.6) is 0 Å². The number of rotatable bonds is 4. The van der Waals surface area contributed by atoms with Gasteiger partial charge in [0, 0.05) is 13.2 Å². The summed E-state index contributed by atoms with van der Waals surface area (Å²) in [5, 5.41) is 3.74. The summed E-state index contributed by atoms with van der Waals surface area (Å²) in [6.45, 7) is 1.20. The summed E-state index contributed by atoms with van der Waals surface area (Å²) >= 11 is 0. The Labute approximate surface area is 99.4 Å². The highest BCUT2D eigenvalue weighted by atomic mass is 16.5. The standard InChI is InChI=1S/C14H25NO/c1-16-14-9-5-8-13(10-14)15-11-12-6-3-2-4-7-12/h2-3,12-15H,4-11H2,1H3. The lowest BCUT2D eigenvalue weighted by Gasteiger charge is -2.30. The van der Waals surface area contributed by atoms with Gasteiger partial charge in [0.15, 0.2) is 0 Å². The van der Waals surface area contributed by atoms with Crippen molar-refractivity contribution in [1.29, 1.82) is 0 Å². The maximum atomic E-state index is 5.46. The van der Waals surface area contributed by atoms with Crippen molar-refractivity contribution in [1.82, 2.24) is 5.32 Å². The van der Waals surface area contributed by atoms with E-state index in [2.05, 4.69) is 17.5 Å². The second-order valence-electron chi connectivity index (χ2n) is 5.28. The van der Waals surface area contributed by atoms with Crippen LogP contribution in [0.3, 0.4) is 0 Å². The summed E-state index contributed by atoms with van der Waals surface area (Å²) < 4.78 is 5.46. The number of hydrogen-bond acceptors (Lipinski definition) is 2. The van der Waals surface area contributed by atoms with Gasteiger partial charge in [0.2, 0.25) is 0 Å². The minimum Gasteiger partial charge on any atom is -0.381 e. The van der Waals surface area contributed by atoms with E-state index < -0.39 is 0 Å². The van der Waals surface area contributed by atoms with Gasteiger partial charge in [0.1, 0.15) is 0 Å². The van der Waals surface area contributed by atoms with E-state index in [0.717, 1.165) is 5.92 Å². The van der Waals surface area contributed by atoms with Crippen LogP contribution in [0.15, 0.2) is 12.2 Å². The van der Waals surface area contributed by atoms with Crippen LogP contribution in [0.25, 0.3) is 0 Å². The third kappa shape index (κ3) is 3.60. The summed E-state index contributed by atoms with van der Waals surface area (Å²) in [5.74, 6) is 0.868. The van der Waals surface area contributed by atoms with E-state index >= 15 is 0 Å². The number of methoxy groups -OCH3 is 1. The highest BCUT2D eigenvalue weighted by Crippen LogP contribution is 2.22. The van der Waals surface area contributed by atoms with Gasteiger partial charge < -0.3 is 10.1 Å². The zero-order valence-corrected chi connectivity index (χ0v) is 10.5. The van der Waals surface area contributed by atoms with Crippen LogP contribution >= 0.6 is 0 Å². The summed E-state index contributed by atoms with van der Waals surface area (Å²) in [6.07, 6.45) is 14.2. The van der Waals surface area contributed by atoms with Crippen LogP contribution in [-0.4, -0.2) is 25.8 Å². The quantitative estimate of drug-likeness (QED) is 0.740. The average molecular weight is 223 g/mol. The van der Waals surface area contributed by atoms with Crippen molar-refractivity contribution >= 4 is 0 Å². The maximum Gasteiger partial charge on any atom is 0.0586 e. The minimum atomic E-state index is 0.498. The molecule has 2 nitrogen and oxygen atoms in total. The minimum absolute atomic E-state index is 0.498. The van der Waals surface area contributed by atoms with Gasteiger partial charge in [-0.25, -0.2) is 0 Å². The summed E-state index contributed by atoms with van der Waals surface area (Å²) in [4.78, 5) is 0. The molecule has 2 rings (SSSR count). The third-order valence-corrected chi connectivity index (χ3v) is 4.03. The first-order valence-corrected chi connectivity index (χ1v) is 6.79. The van der Waals surface area contributed by atoms with E-state index in [9.17, 15) is 0 Å². The van der Waals surface area contributed by atoms with Crippen molar-refractivity contribution in [3.63, 3.8) is 0 Å². The first kappa shape index (κ1) is 12.1. The smallest absolute Gasteiger partial charge is 0.0586 e. The number of allylic oxidation sites excluding steroid dienone is 2. The number of ether oxygens (including phenoxy) is 1. The number of nitrogens with one attached hydrogen (secondary N) is 1. The fourth-order valence-corrected chi connectivity index (χ4v) is 2.92. The topological polar surface area (TPSA) is 21.3 Å². The van der Waals surface area contributed by atoms with Crippen molar-refractivity contribution in [3.8, 4) is 0 Å². The molecule has 0 saturated heterocycles. The second-order valence-corrected chi connectivity index (χ2v) is 5.28. The fraction of sp³-hybridized carbons (Fsp3) is 0.857. The van der Waals surface area contributed by atoms with E-state index in [1.54, 1.807) is 0 Å². The molecule has 0 aromatic carbocycles. The molecule has 0 aromatic heterocycles. The molecule has 2 aliphatic carbocycles. The van der Waals surface area contributed by atoms with Crippen molar-refractivity contribution < 1.29 is 4.74 Å². The monoisotopic (exact) mass is 223 g/mol. The molecular weight excluding hydrogens is 198 g/mol. The highest BCUT2D eigenvalue weighted by Gasteiger charge is 2.22. The molecule has 2 heteroatoms. The molecule has 0 amide bonds. The predicted molar refractivity (Wildman–Crippen MR) is 67.5 cm³/mol. The Balaban J connectivity index is 1.66. The first-order chi connectivity index (χ1) is 7.88. The van der Waals surface area contributed by atoms with Gasteiger partial charge in [-0.1, -0.05) is 12.2 Å². The summed E-state index contributed by atoms with van der Waals surface area (Å²) in [6, 6.07) is 0.699. The molecule has 1 fully saturated rings. The van der Waals surface area contributed by atoms with Crippen LogP contribution in [0, 0.1) is 5.92 Å². The zero-order chi connectivity index (χ0) is 11.2. The molecule has 0 bridgehead atoms. The van der Waals surface area contributed by atoms with Crippen LogP contribution < -0.4 is 5.32 Å². The summed E-state index contributed by atoms with van der Waals surface area (Å²) in [5.41, 5.74) is 0. The van der Waals surface area contributed by atoms with Crippen molar-refractivity contribution in [2.75, 3.05) is 13.7 Å². The first-order valence-electron chi connectivity index (χ1n) is 6.79. The molecule has 0 radical (unpaired) electrons. The molecule has 1 N–H and O–H groups in total. The molecule has 0 aliphatic heterocycles. The Kier molecular flexibility index (Phi) is 4.86. The summed E-state index contributed by atoms with van der Waals surface area (Å²) in [7, 11) is 1.85. The SMILES string of the molecule is COC1CCCC(NCC2CC=CCC2)C1. The fourth-order valence-electron chi connectivity index (χ4n) is 2.92. The lowest BCUT2D eigenvalue weighted by Crippen LogP contribution is -2.39. The molecule has 0 spiro atoms. The second kappa shape index (κ2) is 6.41. The maximum absolute atomic E-state index is 5.46.